The molecule has 1 unspecified atom stereocenters. The fourth-order valence-electron chi connectivity index (χ4n) is 7.44. The normalized spacial score (nSPS) is 17.0. The molecule has 0 aliphatic carbocycles. The van der Waals surface area contributed by atoms with Crippen LogP contribution in [0.15, 0.2) is 60.9 Å². The molecule has 1 amide bonds. The number of benzene rings is 2. The van der Waals surface area contributed by atoms with Gasteiger partial charge < -0.3 is 25.4 Å². The number of rotatable bonds is 10. The number of amides is 1. The number of likely N-dealkylation sites (tertiary alicyclic amines) is 1. The summed E-state index contributed by atoms with van der Waals surface area (Å²) in [5, 5.41) is 26.8. The van der Waals surface area contributed by atoms with Crippen LogP contribution in [0, 0.1) is 13.8 Å². The van der Waals surface area contributed by atoms with Gasteiger partial charge in [-0.05, 0) is 79.3 Å². The molecular formula is C39H44N8O4. The van der Waals surface area contributed by atoms with Crippen molar-refractivity contribution in [1.82, 2.24) is 29.3 Å². The molecule has 0 radical (unpaired) electrons. The summed E-state index contributed by atoms with van der Waals surface area (Å²) < 4.78 is 1.86. The summed E-state index contributed by atoms with van der Waals surface area (Å²) in [6.45, 7) is 9.55. The van der Waals surface area contributed by atoms with E-state index in [9.17, 15) is 19.8 Å². The summed E-state index contributed by atoms with van der Waals surface area (Å²) in [5.41, 5.74) is 9.30. The predicted molar refractivity (Wildman–Crippen MR) is 197 cm³/mol. The molecule has 2 aromatic carbocycles. The highest BCUT2D eigenvalue weighted by Crippen LogP contribution is 2.35. The first-order valence-electron chi connectivity index (χ1n) is 17.5. The zero-order chi connectivity index (χ0) is 35.8. The summed E-state index contributed by atoms with van der Waals surface area (Å²) in [4.78, 5) is 43.4. The van der Waals surface area contributed by atoms with Gasteiger partial charge in [0, 0.05) is 87.1 Å². The van der Waals surface area contributed by atoms with Gasteiger partial charge in [-0.3, -0.25) is 24.4 Å². The van der Waals surface area contributed by atoms with Gasteiger partial charge in [-0.25, -0.2) is 9.97 Å². The zero-order valence-corrected chi connectivity index (χ0v) is 29.5. The number of aliphatic hydroxyl groups excluding tert-OH is 1. The fraction of sp³-hybridized carbons (Fsp3) is 0.359. The molecule has 51 heavy (non-hydrogen) atoms. The molecule has 264 valence electrons. The van der Waals surface area contributed by atoms with Crippen molar-refractivity contribution in [3.05, 3.63) is 94.8 Å². The van der Waals surface area contributed by atoms with E-state index >= 15 is 0 Å². The molecule has 2 atom stereocenters. The van der Waals surface area contributed by atoms with Crippen LogP contribution in [0.5, 0.6) is 0 Å². The molecule has 0 saturated carbocycles. The number of carboxylic acid groups (broad SMARTS) is 1. The highest BCUT2D eigenvalue weighted by molar-refractivity contribution is 6.03. The van der Waals surface area contributed by atoms with Crippen molar-refractivity contribution in [3.8, 4) is 11.1 Å². The van der Waals surface area contributed by atoms with Crippen LogP contribution in [0.3, 0.4) is 0 Å². The molecule has 5 heterocycles. The van der Waals surface area contributed by atoms with E-state index in [4.69, 9.17) is 9.97 Å². The van der Waals surface area contributed by atoms with Gasteiger partial charge in [-0.15, -0.1) is 0 Å². The van der Waals surface area contributed by atoms with Crippen molar-refractivity contribution in [2.75, 3.05) is 30.3 Å². The Morgan fingerprint density at radius 2 is 1.76 bits per heavy atom. The third kappa shape index (κ3) is 7.07. The average Bonchev–Trinajstić information content (AvgIpc) is 3.67. The number of nitrogens with one attached hydrogen (secondary N) is 2. The number of fused-ring (bicyclic) bond motifs is 2. The Morgan fingerprint density at radius 3 is 2.49 bits per heavy atom. The van der Waals surface area contributed by atoms with Crippen molar-refractivity contribution in [2.24, 2.45) is 7.05 Å². The summed E-state index contributed by atoms with van der Waals surface area (Å²) in [6, 6.07) is 16.0. The maximum absolute atomic E-state index is 13.6. The quantitative estimate of drug-likeness (QED) is 0.150. The minimum Gasteiger partial charge on any atom is -0.481 e. The first kappa shape index (κ1) is 34.3. The Kier molecular flexibility index (Phi) is 9.56. The third-order valence-corrected chi connectivity index (χ3v) is 10.4. The average molecular weight is 689 g/mol. The lowest BCUT2D eigenvalue weighted by molar-refractivity contribution is -0.138. The Balaban J connectivity index is 1.09. The van der Waals surface area contributed by atoms with Crippen molar-refractivity contribution < 1.29 is 19.8 Å². The highest BCUT2D eigenvalue weighted by Gasteiger charge is 2.28. The van der Waals surface area contributed by atoms with Crippen LogP contribution in [0.25, 0.3) is 22.0 Å². The molecule has 1 saturated heterocycles. The number of pyridine rings is 2. The Morgan fingerprint density at radius 1 is 1.02 bits per heavy atom. The van der Waals surface area contributed by atoms with Crippen molar-refractivity contribution >= 4 is 40.0 Å². The summed E-state index contributed by atoms with van der Waals surface area (Å²) >= 11 is 0. The van der Waals surface area contributed by atoms with Gasteiger partial charge in [0.25, 0.3) is 5.91 Å². The lowest BCUT2D eigenvalue weighted by Gasteiger charge is -2.31. The Bertz CT molecular complexity index is 2130. The molecule has 7 rings (SSSR count). The molecule has 2 aliphatic rings. The number of carbonyl (C=O) groups excluding carboxylic acids is 1. The Labute approximate surface area is 297 Å². The molecule has 12 heteroatoms. The minimum atomic E-state index is -0.824. The van der Waals surface area contributed by atoms with Gasteiger partial charge in [-0.2, -0.15) is 0 Å². The van der Waals surface area contributed by atoms with E-state index < -0.39 is 5.97 Å². The maximum Gasteiger partial charge on any atom is 0.304 e. The van der Waals surface area contributed by atoms with Crippen LogP contribution < -0.4 is 10.6 Å². The summed E-state index contributed by atoms with van der Waals surface area (Å²) in [7, 11) is 1.86. The smallest absolute Gasteiger partial charge is 0.304 e. The van der Waals surface area contributed by atoms with Crippen molar-refractivity contribution in [1.29, 1.82) is 0 Å². The SMILES string of the molecule is Cc1c(NC(=O)c2nc3c(n2C)CCN(C(C)CC(=O)O)C3)cccc1-c1cccc(Nc2nccc3cc(CN4CC[C@@H](O)C4)cnc23)c1C. The molecular weight excluding hydrogens is 644 g/mol. The van der Waals surface area contributed by atoms with Crippen LogP contribution in [0.2, 0.25) is 0 Å². The number of aliphatic carboxylic acids is 1. The van der Waals surface area contributed by atoms with Crippen LogP contribution in [0.1, 0.15) is 58.5 Å². The minimum absolute atomic E-state index is 0.0637. The molecule has 12 nitrogen and oxygen atoms in total. The molecule has 1 fully saturated rings. The summed E-state index contributed by atoms with van der Waals surface area (Å²) in [6.07, 6.45) is 5.00. The van der Waals surface area contributed by atoms with Crippen LogP contribution in [-0.2, 0) is 31.4 Å². The van der Waals surface area contributed by atoms with Gasteiger partial charge in [0.15, 0.2) is 11.6 Å². The molecule has 0 spiro atoms. The Hall–Kier alpha value is -5.17. The first-order valence-corrected chi connectivity index (χ1v) is 17.5. The lowest BCUT2D eigenvalue weighted by atomic mass is 9.94. The summed E-state index contributed by atoms with van der Waals surface area (Å²) in [5.74, 6) is -0.112. The number of aliphatic hydroxyl groups is 1. The second kappa shape index (κ2) is 14.2. The number of carbonyl (C=O) groups is 2. The van der Waals surface area contributed by atoms with E-state index in [2.05, 4.69) is 50.5 Å². The second-order valence-corrected chi connectivity index (χ2v) is 13.8. The number of nitrogens with zero attached hydrogens (tertiary/aromatic N) is 6. The molecule has 5 aromatic rings. The lowest BCUT2D eigenvalue weighted by Crippen LogP contribution is -2.39. The van der Waals surface area contributed by atoms with E-state index in [-0.39, 0.29) is 24.5 Å². The van der Waals surface area contributed by atoms with Crippen molar-refractivity contribution in [2.45, 2.75) is 65.3 Å². The fourth-order valence-corrected chi connectivity index (χ4v) is 7.44. The van der Waals surface area contributed by atoms with Crippen LogP contribution in [-0.4, -0.2) is 83.2 Å². The monoisotopic (exact) mass is 688 g/mol. The first-order chi connectivity index (χ1) is 24.5. The topological polar surface area (TPSA) is 149 Å². The van der Waals surface area contributed by atoms with E-state index in [1.54, 1.807) is 6.20 Å². The van der Waals surface area contributed by atoms with E-state index in [1.807, 2.05) is 62.0 Å². The standard InChI is InChI=1S/C39H44N8O4/c1-23(17-35(49)50)47-16-13-34-33(22-47)43-38(45(34)4)39(51)44-32-10-6-8-30(25(32)3)29-7-5-9-31(24(29)2)42-37-36-27(11-14-40-37)18-26(19-41-36)20-46-15-12-28(48)21-46/h5-11,14,18-19,23,28,48H,12-13,15-17,20-22H2,1-4H3,(H,40,42)(H,44,51)(H,49,50)/t23?,28-/m1/s1. The van der Waals surface area contributed by atoms with E-state index in [0.717, 1.165) is 81.9 Å². The van der Waals surface area contributed by atoms with E-state index in [0.29, 0.717) is 36.8 Å². The van der Waals surface area contributed by atoms with Gasteiger partial charge >= 0.3 is 5.97 Å². The number of β-amino-alcohol motifs (C(OH)–C–C–N with tert-alkyl or cyclic N) is 1. The number of aromatic nitrogens is 4. The van der Waals surface area contributed by atoms with E-state index in [1.165, 1.54) is 0 Å². The predicted octanol–water partition coefficient (Wildman–Crippen LogP) is 5.43. The second-order valence-electron chi connectivity index (χ2n) is 13.8. The van der Waals surface area contributed by atoms with Gasteiger partial charge in [0.05, 0.1) is 18.2 Å². The third-order valence-electron chi connectivity index (χ3n) is 10.4. The number of anilines is 3. The molecule has 2 aliphatic heterocycles. The highest BCUT2D eigenvalue weighted by atomic mass is 16.4. The zero-order valence-electron chi connectivity index (χ0n) is 29.5. The number of hydrogen-bond donors (Lipinski definition) is 4. The number of imidazole rings is 1. The largest absolute Gasteiger partial charge is 0.481 e. The molecule has 3 aromatic heterocycles. The van der Waals surface area contributed by atoms with Crippen molar-refractivity contribution in [3.63, 3.8) is 0 Å². The van der Waals surface area contributed by atoms with Crippen LogP contribution in [0.4, 0.5) is 17.2 Å². The number of hydrogen-bond acceptors (Lipinski definition) is 9. The van der Waals surface area contributed by atoms with Gasteiger partial charge in [0.1, 0.15) is 5.52 Å². The molecule has 4 N–H and O–H groups in total. The van der Waals surface area contributed by atoms with Gasteiger partial charge in [-0.1, -0.05) is 24.3 Å². The number of carboxylic acids is 1. The maximum atomic E-state index is 13.6. The molecule has 0 bridgehead atoms. The van der Waals surface area contributed by atoms with Crippen LogP contribution >= 0.6 is 0 Å². The van der Waals surface area contributed by atoms with Gasteiger partial charge in [0.2, 0.25) is 0 Å².